The number of nitrogens with zero attached hydrogens (tertiary/aromatic N) is 3. The van der Waals surface area contributed by atoms with Gasteiger partial charge in [0.15, 0.2) is 0 Å². The zero-order valence-electron chi connectivity index (χ0n) is 17.4. The lowest BCUT2D eigenvalue weighted by molar-refractivity contribution is 0.143. The highest BCUT2D eigenvalue weighted by Crippen LogP contribution is 2.42. The highest BCUT2D eigenvalue weighted by molar-refractivity contribution is 5.88. The van der Waals surface area contributed by atoms with Crippen LogP contribution in [0.3, 0.4) is 0 Å². The number of hydrogen-bond donors (Lipinski definition) is 1. The second-order valence-corrected chi connectivity index (χ2v) is 8.53. The number of aliphatic hydroxyl groups is 1. The maximum Gasteiger partial charge on any atom is 0.123 e. The van der Waals surface area contributed by atoms with Gasteiger partial charge in [-0.05, 0) is 69.2 Å². The van der Waals surface area contributed by atoms with Crippen LogP contribution in [-0.2, 0) is 0 Å². The van der Waals surface area contributed by atoms with E-state index in [0.717, 1.165) is 51.8 Å². The van der Waals surface area contributed by atoms with Crippen LogP contribution in [0.2, 0.25) is 0 Å². The van der Waals surface area contributed by atoms with Crippen LogP contribution in [0.4, 0.5) is 4.39 Å². The minimum absolute atomic E-state index is 0.261. The van der Waals surface area contributed by atoms with Gasteiger partial charge in [0.2, 0.25) is 0 Å². The number of imidazole rings is 1. The Hall–Kier alpha value is -3.49. The van der Waals surface area contributed by atoms with Crippen molar-refractivity contribution in [3.05, 3.63) is 72.4 Å². The molecule has 0 spiro atoms. The summed E-state index contributed by atoms with van der Waals surface area (Å²) in [6.45, 7) is 3.31. The molecule has 1 aliphatic carbocycles. The molecule has 4 nitrogen and oxygen atoms in total. The predicted octanol–water partition coefficient (Wildman–Crippen LogP) is 5.36. The van der Waals surface area contributed by atoms with Crippen molar-refractivity contribution in [1.29, 1.82) is 0 Å². The van der Waals surface area contributed by atoms with E-state index in [2.05, 4.69) is 38.5 Å². The summed E-state index contributed by atoms with van der Waals surface area (Å²) in [6.07, 6.45) is 5.88. The van der Waals surface area contributed by atoms with E-state index in [1.165, 1.54) is 12.1 Å². The van der Waals surface area contributed by atoms with E-state index < -0.39 is 5.60 Å². The topological polar surface area (TPSA) is 50.9 Å². The summed E-state index contributed by atoms with van der Waals surface area (Å²) in [5.74, 6) is 5.57. The molecule has 1 saturated carbocycles. The van der Waals surface area contributed by atoms with Gasteiger partial charge in [-0.25, -0.2) is 9.37 Å². The summed E-state index contributed by atoms with van der Waals surface area (Å²) in [6, 6.07) is 15.1. The standard InChI is InChI=1S/C26H22FN3O/c1-26(2,31)12-11-17-13-20-14-19(5-10-23(20)28-15-17)25-24(18-3-6-21(27)7-4-18)29-16-30(25)22-8-9-22/h3-7,10,13-16,22,31H,8-9H2,1-2H3. The van der Waals surface area contributed by atoms with E-state index in [1.807, 2.05) is 18.5 Å². The summed E-state index contributed by atoms with van der Waals surface area (Å²) in [7, 11) is 0. The molecule has 0 radical (unpaired) electrons. The van der Waals surface area contributed by atoms with Crippen LogP contribution in [0.5, 0.6) is 0 Å². The predicted molar refractivity (Wildman–Crippen MR) is 120 cm³/mol. The van der Waals surface area contributed by atoms with Gasteiger partial charge in [-0.1, -0.05) is 17.9 Å². The fourth-order valence-electron chi connectivity index (χ4n) is 3.67. The molecule has 2 aromatic carbocycles. The zero-order chi connectivity index (χ0) is 21.6. The van der Waals surface area contributed by atoms with Gasteiger partial charge >= 0.3 is 0 Å². The van der Waals surface area contributed by atoms with Gasteiger partial charge < -0.3 is 9.67 Å². The van der Waals surface area contributed by atoms with Crippen molar-refractivity contribution in [2.75, 3.05) is 0 Å². The molecule has 0 atom stereocenters. The van der Waals surface area contributed by atoms with Crippen molar-refractivity contribution in [2.24, 2.45) is 0 Å². The van der Waals surface area contributed by atoms with Crippen molar-refractivity contribution in [3.8, 4) is 34.4 Å². The minimum Gasteiger partial charge on any atom is -0.378 e. The van der Waals surface area contributed by atoms with Gasteiger partial charge in [-0.3, -0.25) is 4.98 Å². The van der Waals surface area contributed by atoms with Gasteiger partial charge in [0, 0.05) is 34.3 Å². The first-order valence-corrected chi connectivity index (χ1v) is 10.4. The summed E-state index contributed by atoms with van der Waals surface area (Å²) in [5.41, 5.74) is 4.36. The van der Waals surface area contributed by atoms with Crippen LogP contribution in [0, 0.1) is 17.7 Å². The smallest absolute Gasteiger partial charge is 0.123 e. The minimum atomic E-state index is -1.06. The summed E-state index contributed by atoms with van der Waals surface area (Å²) in [4.78, 5) is 9.20. The molecule has 0 amide bonds. The van der Waals surface area contributed by atoms with Crippen molar-refractivity contribution >= 4 is 10.9 Å². The van der Waals surface area contributed by atoms with Crippen LogP contribution in [0.15, 0.2) is 61.1 Å². The van der Waals surface area contributed by atoms with Gasteiger partial charge in [0.05, 0.1) is 23.2 Å². The lowest BCUT2D eigenvalue weighted by Crippen LogP contribution is -2.14. The number of benzene rings is 2. The Bertz CT molecular complexity index is 1330. The first-order valence-electron chi connectivity index (χ1n) is 10.4. The summed E-state index contributed by atoms with van der Waals surface area (Å²) >= 11 is 0. The molecule has 2 aromatic heterocycles. The molecular formula is C26H22FN3O. The molecule has 0 saturated heterocycles. The normalized spacial score (nSPS) is 13.8. The third-order valence-electron chi connectivity index (χ3n) is 5.32. The number of fused-ring (bicyclic) bond motifs is 1. The van der Waals surface area contributed by atoms with E-state index in [1.54, 1.807) is 32.2 Å². The van der Waals surface area contributed by atoms with E-state index in [4.69, 9.17) is 0 Å². The SMILES string of the molecule is CC(C)(O)C#Cc1cnc2ccc(-c3c(-c4ccc(F)cc4)ncn3C3CC3)cc2c1. The fourth-order valence-corrected chi connectivity index (χ4v) is 3.67. The Labute approximate surface area is 180 Å². The Morgan fingerprint density at radius 3 is 2.48 bits per heavy atom. The van der Waals surface area contributed by atoms with Crippen LogP contribution in [-0.4, -0.2) is 25.2 Å². The Morgan fingerprint density at radius 1 is 1.03 bits per heavy atom. The van der Waals surface area contributed by atoms with E-state index in [9.17, 15) is 9.50 Å². The molecule has 5 rings (SSSR count). The van der Waals surface area contributed by atoms with Crippen LogP contribution < -0.4 is 0 Å². The van der Waals surface area contributed by atoms with Gasteiger partial charge in [-0.15, -0.1) is 0 Å². The van der Waals surface area contributed by atoms with Crippen molar-refractivity contribution in [3.63, 3.8) is 0 Å². The van der Waals surface area contributed by atoms with Crippen LogP contribution in [0.25, 0.3) is 33.4 Å². The molecular weight excluding hydrogens is 389 g/mol. The quantitative estimate of drug-likeness (QED) is 0.462. The number of aromatic nitrogens is 3. The number of halogens is 1. The molecule has 154 valence electrons. The second-order valence-electron chi connectivity index (χ2n) is 8.53. The average Bonchev–Trinajstić information content (AvgIpc) is 3.50. The van der Waals surface area contributed by atoms with Crippen molar-refractivity contribution in [2.45, 2.75) is 38.3 Å². The Morgan fingerprint density at radius 2 is 1.77 bits per heavy atom. The molecule has 2 heterocycles. The third kappa shape index (κ3) is 4.08. The first kappa shape index (κ1) is 19.5. The van der Waals surface area contributed by atoms with Crippen LogP contribution in [0.1, 0.15) is 38.3 Å². The Balaban J connectivity index is 1.63. The highest BCUT2D eigenvalue weighted by Gasteiger charge is 2.28. The summed E-state index contributed by atoms with van der Waals surface area (Å²) in [5, 5.41) is 10.8. The second kappa shape index (κ2) is 7.33. The number of rotatable bonds is 3. The largest absolute Gasteiger partial charge is 0.378 e. The maximum atomic E-state index is 13.5. The number of hydrogen-bond acceptors (Lipinski definition) is 3. The van der Waals surface area contributed by atoms with E-state index >= 15 is 0 Å². The molecule has 1 aliphatic rings. The van der Waals surface area contributed by atoms with Crippen molar-refractivity contribution < 1.29 is 9.50 Å². The molecule has 31 heavy (non-hydrogen) atoms. The van der Waals surface area contributed by atoms with Crippen LogP contribution >= 0.6 is 0 Å². The maximum absolute atomic E-state index is 13.5. The molecule has 0 unspecified atom stereocenters. The van der Waals surface area contributed by atoms with E-state index in [0.29, 0.717) is 6.04 Å². The molecule has 1 fully saturated rings. The van der Waals surface area contributed by atoms with Gasteiger partial charge in [0.1, 0.15) is 11.4 Å². The lowest BCUT2D eigenvalue weighted by atomic mass is 10.0. The monoisotopic (exact) mass is 411 g/mol. The zero-order valence-corrected chi connectivity index (χ0v) is 17.4. The molecule has 0 aliphatic heterocycles. The molecule has 1 N–H and O–H groups in total. The van der Waals surface area contributed by atoms with Crippen molar-refractivity contribution in [1.82, 2.24) is 14.5 Å². The Kier molecular flexibility index (Phi) is 4.60. The molecule has 4 aromatic rings. The highest BCUT2D eigenvalue weighted by atomic mass is 19.1. The first-order chi connectivity index (χ1) is 14.9. The lowest BCUT2D eigenvalue weighted by Gasteiger charge is -2.11. The van der Waals surface area contributed by atoms with Gasteiger partial charge in [-0.2, -0.15) is 0 Å². The average molecular weight is 411 g/mol. The van der Waals surface area contributed by atoms with Gasteiger partial charge in [0.25, 0.3) is 0 Å². The fraction of sp³-hybridized carbons (Fsp3) is 0.231. The van der Waals surface area contributed by atoms with E-state index in [-0.39, 0.29) is 5.82 Å². The molecule has 5 heteroatoms. The number of pyridine rings is 1. The molecule has 0 bridgehead atoms. The third-order valence-corrected chi connectivity index (χ3v) is 5.32. The summed E-state index contributed by atoms with van der Waals surface area (Å²) < 4.78 is 15.7.